The van der Waals surface area contributed by atoms with Gasteiger partial charge in [0.25, 0.3) is 5.91 Å². The van der Waals surface area contributed by atoms with Crippen molar-refractivity contribution in [1.29, 1.82) is 0 Å². The molecule has 2 aliphatic rings. The molecule has 0 bridgehead atoms. The van der Waals surface area contributed by atoms with E-state index in [1.807, 2.05) is 13.8 Å². The topological polar surface area (TPSA) is 103 Å². The Hall–Kier alpha value is -3.08. The fourth-order valence-electron chi connectivity index (χ4n) is 2.81. The van der Waals surface area contributed by atoms with E-state index in [0.29, 0.717) is 0 Å². The number of alkyl halides is 3. The van der Waals surface area contributed by atoms with Gasteiger partial charge in [-0.3, -0.25) is 15.1 Å². The molecule has 0 radical (unpaired) electrons. The summed E-state index contributed by atoms with van der Waals surface area (Å²) in [6.07, 6.45) is -2.40. The number of nitrogens with one attached hydrogen (secondary N) is 2. The first kappa shape index (κ1) is 19.7. The second-order valence-electron chi connectivity index (χ2n) is 7.05. The van der Waals surface area contributed by atoms with Crippen LogP contribution < -0.4 is 16.5 Å². The summed E-state index contributed by atoms with van der Waals surface area (Å²) in [7, 11) is 0. The highest BCUT2D eigenvalue weighted by Gasteiger charge is 2.41. The molecule has 0 aliphatic carbocycles. The monoisotopic (exact) mass is 396 g/mol. The zero-order chi connectivity index (χ0) is 20.7. The van der Waals surface area contributed by atoms with E-state index in [1.165, 1.54) is 22.2 Å². The van der Waals surface area contributed by atoms with E-state index in [-0.39, 0.29) is 18.1 Å². The summed E-state index contributed by atoms with van der Waals surface area (Å²) in [4.78, 5) is 30.2. The smallest absolute Gasteiger partial charge is 0.331 e. The molecule has 1 aromatic carbocycles. The molecule has 1 aromatic rings. The van der Waals surface area contributed by atoms with E-state index in [9.17, 15) is 22.8 Å². The first-order valence-corrected chi connectivity index (χ1v) is 8.35. The molecule has 1 fully saturated rings. The molecule has 150 valence electrons. The van der Waals surface area contributed by atoms with Crippen molar-refractivity contribution in [3.63, 3.8) is 0 Å². The highest BCUT2D eigenvalue weighted by atomic mass is 19.4. The lowest BCUT2D eigenvalue weighted by molar-refractivity contribution is -0.137. The first-order chi connectivity index (χ1) is 13.0. The van der Waals surface area contributed by atoms with Crippen LogP contribution in [0.1, 0.15) is 29.8 Å². The third-order valence-corrected chi connectivity index (χ3v) is 4.17. The van der Waals surface area contributed by atoms with E-state index < -0.39 is 35.4 Å². The van der Waals surface area contributed by atoms with Gasteiger partial charge in [-0.05, 0) is 44.2 Å². The predicted octanol–water partition coefficient (Wildman–Crippen LogP) is 1.62. The number of carbonyl (C=O) groups excluding carboxylic acids is 2. The van der Waals surface area contributed by atoms with E-state index in [0.717, 1.165) is 24.3 Å². The van der Waals surface area contributed by atoms with Gasteiger partial charge < -0.3 is 11.1 Å². The molecule has 1 atom stereocenters. The first-order valence-electron chi connectivity index (χ1n) is 8.35. The zero-order valence-corrected chi connectivity index (χ0v) is 15.1. The number of amides is 3. The van der Waals surface area contributed by atoms with E-state index in [2.05, 4.69) is 15.7 Å². The number of urea groups is 1. The van der Waals surface area contributed by atoms with Crippen molar-refractivity contribution in [1.82, 2.24) is 20.7 Å². The fourth-order valence-corrected chi connectivity index (χ4v) is 2.81. The van der Waals surface area contributed by atoms with Gasteiger partial charge in [0.05, 0.1) is 17.6 Å². The van der Waals surface area contributed by atoms with Crippen LogP contribution in [-0.2, 0) is 6.18 Å². The van der Waals surface area contributed by atoms with Crippen molar-refractivity contribution in [3.05, 3.63) is 47.7 Å². The molecule has 0 aromatic heterocycles. The minimum atomic E-state index is -4.50. The molecule has 28 heavy (non-hydrogen) atoms. The summed E-state index contributed by atoms with van der Waals surface area (Å²) in [6.45, 7) is 3.95. The summed E-state index contributed by atoms with van der Waals surface area (Å²) in [5, 5.41) is 3.97. The predicted molar refractivity (Wildman–Crippen MR) is 94.6 cm³/mol. The number of nitrogens with zero attached hydrogens (tertiary/aromatic N) is 3. The van der Waals surface area contributed by atoms with Crippen LogP contribution in [-0.4, -0.2) is 46.1 Å². The number of halogens is 3. The fraction of sp³-hybridized carbons (Fsp3) is 0.353. The second-order valence-corrected chi connectivity index (χ2v) is 7.05. The molecule has 3 rings (SSSR count). The Kier molecular flexibility index (Phi) is 4.79. The van der Waals surface area contributed by atoms with Crippen molar-refractivity contribution < 1.29 is 22.8 Å². The Bertz CT molecular complexity index is 847. The van der Waals surface area contributed by atoms with Crippen molar-refractivity contribution in [2.75, 3.05) is 6.54 Å². The quantitative estimate of drug-likeness (QED) is 0.707. The Balaban J connectivity index is 1.79. The highest BCUT2D eigenvalue weighted by Crippen LogP contribution is 2.29. The maximum absolute atomic E-state index is 12.7. The molecule has 4 N–H and O–H groups in total. The average Bonchev–Trinajstić information content (AvgIpc) is 2.88. The molecule has 3 amide bonds. The van der Waals surface area contributed by atoms with E-state index in [4.69, 9.17) is 5.73 Å². The summed E-state index contributed by atoms with van der Waals surface area (Å²) in [6, 6.07) is 3.35. The third kappa shape index (κ3) is 3.93. The van der Waals surface area contributed by atoms with Crippen molar-refractivity contribution in [2.24, 2.45) is 10.7 Å². The van der Waals surface area contributed by atoms with Gasteiger partial charge in [0.15, 0.2) is 0 Å². The number of hydrogen-bond donors (Lipinski definition) is 3. The minimum absolute atomic E-state index is 0.000284. The minimum Gasteiger partial charge on any atom is -0.331 e. The van der Waals surface area contributed by atoms with Gasteiger partial charge in [0.1, 0.15) is 6.17 Å². The van der Waals surface area contributed by atoms with Crippen LogP contribution in [0.15, 0.2) is 41.5 Å². The number of carbonyl (C=O) groups is 2. The van der Waals surface area contributed by atoms with Crippen LogP contribution in [0.4, 0.5) is 18.0 Å². The molecule has 8 nitrogen and oxygen atoms in total. The molecule has 2 aliphatic heterocycles. The normalized spacial score (nSPS) is 21.4. The molecule has 11 heteroatoms. The SMILES string of the molecule is CC1(C)CN(C2=NC=CC(N)N2NC(=O)c2ccc(C(F)(F)F)cc2)C(=O)N1. The number of aliphatic imine (C=N–C) groups is 1. The number of hydrogen-bond acceptors (Lipinski definition) is 5. The van der Waals surface area contributed by atoms with Crippen LogP contribution in [0.2, 0.25) is 0 Å². The Morgan fingerprint density at radius 2 is 1.96 bits per heavy atom. The molecule has 1 unspecified atom stereocenters. The highest BCUT2D eigenvalue weighted by molar-refractivity contribution is 6.01. The van der Waals surface area contributed by atoms with Gasteiger partial charge in [-0.2, -0.15) is 13.2 Å². The van der Waals surface area contributed by atoms with Crippen molar-refractivity contribution >= 4 is 17.9 Å². The van der Waals surface area contributed by atoms with E-state index in [1.54, 1.807) is 0 Å². The van der Waals surface area contributed by atoms with Gasteiger partial charge in [-0.1, -0.05) is 0 Å². The number of guanidine groups is 1. The van der Waals surface area contributed by atoms with Crippen LogP contribution >= 0.6 is 0 Å². The largest absolute Gasteiger partial charge is 0.416 e. The number of nitrogens with two attached hydrogens (primary N) is 1. The molecular weight excluding hydrogens is 377 g/mol. The average molecular weight is 396 g/mol. The van der Waals surface area contributed by atoms with Gasteiger partial charge in [-0.15, -0.1) is 0 Å². The molecule has 0 spiro atoms. The van der Waals surface area contributed by atoms with Gasteiger partial charge in [0.2, 0.25) is 5.96 Å². The van der Waals surface area contributed by atoms with Crippen molar-refractivity contribution in [3.8, 4) is 0 Å². The lowest BCUT2D eigenvalue weighted by Gasteiger charge is -2.35. The summed E-state index contributed by atoms with van der Waals surface area (Å²) >= 11 is 0. The summed E-state index contributed by atoms with van der Waals surface area (Å²) in [5.41, 5.74) is 7.13. The van der Waals surface area contributed by atoms with Crippen LogP contribution in [0.5, 0.6) is 0 Å². The van der Waals surface area contributed by atoms with Gasteiger partial charge >= 0.3 is 12.2 Å². The number of benzene rings is 1. The maximum Gasteiger partial charge on any atom is 0.416 e. The Morgan fingerprint density at radius 3 is 2.50 bits per heavy atom. The van der Waals surface area contributed by atoms with Crippen LogP contribution in [0, 0.1) is 0 Å². The summed E-state index contributed by atoms with van der Waals surface area (Å²) < 4.78 is 38.0. The zero-order valence-electron chi connectivity index (χ0n) is 15.1. The van der Waals surface area contributed by atoms with Gasteiger partial charge in [-0.25, -0.2) is 14.8 Å². The van der Waals surface area contributed by atoms with Gasteiger partial charge in [0, 0.05) is 11.8 Å². The molecule has 0 saturated carbocycles. The standard InChI is InChI=1S/C17H19F3N6O2/c1-16(2)9-25(15(28)23-16)14-22-8-7-12(21)26(14)24-13(27)10-3-5-11(6-4-10)17(18,19)20/h3-8,12H,9,21H2,1-2H3,(H,23,28)(H,24,27). The Labute approximate surface area is 158 Å². The number of rotatable bonds is 2. The number of hydrazine groups is 1. The lowest BCUT2D eigenvalue weighted by Crippen LogP contribution is -2.60. The van der Waals surface area contributed by atoms with Crippen LogP contribution in [0.3, 0.4) is 0 Å². The third-order valence-electron chi connectivity index (χ3n) is 4.17. The molecular formula is C17H19F3N6O2. The summed E-state index contributed by atoms with van der Waals surface area (Å²) in [5.74, 6) is -0.579. The molecule has 1 saturated heterocycles. The molecule has 2 heterocycles. The second kappa shape index (κ2) is 6.82. The van der Waals surface area contributed by atoms with Crippen molar-refractivity contribution in [2.45, 2.75) is 31.7 Å². The Morgan fingerprint density at radius 1 is 1.32 bits per heavy atom. The van der Waals surface area contributed by atoms with E-state index >= 15 is 0 Å². The maximum atomic E-state index is 12.7. The van der Waals surface area contributed by atoms with Crippen LogP contribution in [0.25, 0.3) is 0 Å². The lowest BCUT2D eigenvalue weighted by atomic mass is 10.1.